The van der Waals surface area contributed by atoms with Crippen LogP contribution in [-0.4, -0.2) is 103 Å². The number of fused-ring (bicyclic) bond motifs is 4. The maximum atomic E-state index is 14.1. The van der Waals surface area contributed by atoms with Gasteiger partial charge in [0.1, 0.15) is 23.7 Å². The van der Waals surface area contributed by atoms with Gasteiger partial charge in [0.15, 0.2) is 0 Å². The molecular weight excluding hydrogens is 765 g/mol. The van der Waals surface area contributed by atoms with E-state index < -0.39 is 24.3 Å². The molecular formula is C45H50N8O7. The minimum Gasteiger partial charge on any atom is -0.465 e. The van der Waals surface area contributed by atoms with Gasteiger partial charge in [-0.1, -0.05) is 44.2 Å². The van der Waals surface area contributed by atoms with Gasteiger partial charge in [0.25, 0.3) is 0 Å². The Morgan fingerprint density at radius 1 is 0.800 bits per heavy atom. The van der Waals surface area contributed by atoms with Crippen molar-refractivity contribution in [2.45, 2.75) is 88.6 Å². The van der Waals surface area contributed by atoms with E-state index in [1.165, 1.54) is 7.11 Å². The maximum absolute atomic E-state index is 14.1. The summed E-state index contributed by atoms with van der Waals surface area (Å²) in [6.07, 6.45) is 4.86. The molecule has 60 heavy (non-hydrogen) atoms. The van der Waals surface area contributed by atoms with E-state index >= 15 is 0 Å². The molecule has 10 rings (SSSR count). The monoisotopic (exact) mass is 814 g/mol. The molecule has 3 saturated heterocycles. The predicted molar refractivity (Wildman–Crippen MR) is 221 cm³/mol. The number of likely N-dealkylation sites (tertiary alicyclic amines) is 2. The lowest BCUT2D eigenvalue weighted by Gasteiger charge is -2.35. The molecule has 15 nitrogen and oxygen atoms in total. The van der Waals surface area contributed by atoms with Gasteiger partial charge in [0.05, 0.1) is 42.1 Å². The molecule has 5 fully saturated rings. The number of alkyl carbamates (subject to hydrolysis) is 1. The summed E-state index contributed by atoms with van der Waals surface area (Å²) >= 11 is 0. The number of H-pyrrole nitrogens is 2. The highest BCUT2D eigenvalue weighted by Crippen LogP contribution is 2.55. The molecule has 0 bridgehead atoms. The smallest absolute Gasteiger partial charge is 0.407 e. The van der Waals surface area contributed by atoms with Crippen LogP contribution in [0.2, 0.25) is 0 Å². The van der Waals surface area contributed by atoms with Gasteiger partial charge in [-0.25, -0.2) is 19.6 Å². The van der Waals surface area contributed by atoms with Gasteiger partial charge >= 0.3 is 12.2 Å². The van der Waals surface area contributed by atoms with Gasteiger partial charge in [-0.05, 0) is 108 Å². The molecule has 0 spiro atoms. The molecule has 5 aliphatic rings. The number of nitrogens with one attached hydrogen (secondary N) is 4. The number of carbonyl (C=O) groups is 4. The first kappa shape index (κ1) is 38.3. The van der Waals surface area contributed by atoms with Crippen molar-refractivity contribution < 1.29 is 33.8 Å². The highest BCUT2D eigenvalue weighted by molar-refractivity contribution is 5.92. The molecule has 0 radical (unpaired) electrons. The van der Waals surface area contributed by atoms with Crippen molar-refractivity contribution in [2.75, 3.05) is 20.3 Å². The number of amides is 4. The van der Waals surface area contributed by atoms with Crippen molar-refractivity contribution in [1.29, 1.82) is 0 Å². The number of nitrogens with zero attached hydrogens (tertiary/aromatic N) is 4. The summed E-state index contributed by atoms with van der Waals surface area (Å²) in [6.45, 7) is 4.88. The van der Waals surface area contributed by atoms with Crippen LogP contribution in [0.4, 0.5) is 9.59 Å². The molecule has 4 amide bonds. The van der Waals surface area contributed by atoms with Crippen LogP contribution in [0.5, 0.6) is 0 Å². The minimum absolute atomic E-state index is 0.104. The largest absolute Gasteiger partial charge is 0.465 e. The Bertz CT molecular complexity index is 2510. The van der Waals surface area contributed by atoms with Gasteiger partial charge in [0.2, 0.25) is 11.8 Å². The number of hydrogen-bond acceptors (Lipinski definition) is 8. The summed E-state index contributed by atoms with van der Waals surface area (Å²) in [5, 5.41) is 17.1. The average Bonchev–Trinajstić information content (AvgIpc) is 3.87. The summed E-state index contributed by atoms with van der Waals surface area (Å²) in [5.74, 6) is 1.84. The fourth-order valence-corrected chi connectivity index (χ4v) is 10.2. The molecule has 3 aliphatic heterocycles. The first-order valence-corrected chi connectivity index (χ1v) is 21.2. The molecule has 0 unspecified atom stereocenters. The summed E-state index contributed by atoms with van der Waals surface area (Å²) in [5.41, 5.74) is 5.64. The minimum atomic E-state index is -1.19. The molecule has 15 heteroatoms. The molecule has 5 aromatic rings. The van der Waals surface area contributed by atoms with E-state index in [2.05, 4.69) is 69.1 Å². The van der Waals surface area contributed by atoms with Crippen molar-refractivity contribution in [2.24, 2.45) is 23.7 Å². The number of carbonyl (C=O) groups excluding carboxylic acids is 3. The van der Waals surface area contributed by atoms with Crippen LogP contribution in [0, 0.1) is 23.7 Å². The van der Waals surface area contributed by atoms with Crippen molar-refractivity contribution >= 4 is 45.8 Å². The number of ether oxygens (including phenoxy) is 2. The second-order valence-corrected chi connectivity index (χ2v) is 17.7. The SMILES string of the molecule is COC(=O)N[C@H](C(=O)N1[C@@H]2C[C@@H]2C[C@H]1c1ncc(-c2ccc3cc(-c4ccc5nc([C@@H]6C[C@H]7C[C@H]7N6C(=O)[C@@H](NC(=O)O)C6CCOCC6)[nH]c5c4)ccc3c2)[nH]1)C(C)C. The molecule has 8 atom stereocenters. The summed E-state index contributed by atoms with van der Waals surface area (Å²) < 4.78 is 10.3. The summed E-state index contributed by atoms with van der Waals surface area (Å²) in [6, 6.07) is 17.3. The standard InChI is InChI=1S/C45H50N8O7/c1-22(2)38(51-45(58)59-3)42(54)52-34-17-29(34)19-36(52)40-46-21-33(49-40)28-7-6-24-14-25(4-5-26(24)15-28)27-8-9-31-32(16-27)48-41(47-31)37-20-30-18-35(30)53(37)43(55)39(50-44(56)57)23-10-12-60-13-11-23/h4-9,14-16,21-23,29-30,34-39,50H,10-13,17-20H2,1-3H3,(H,46,49)(H,47,48)(H,51,58)(H,56,57)/t29-,30-,34-,35-,36+,37+,38+,39+/m1/s1. The lowest BCUT2D eigenvalue weighted by Crippen LogP contribution is -2.53. The number of piperidine rings is 2. The number of hydrogen-bond donors (Lipinski definition) is 5. The first-order valence-electron chi connectivity index (χ1n) is 21.2. The van der Waals surface area contributed by atoms with Gasteiger partial charge in [-0.2, -0.15) is 0 Å². The zero-order valence-corrected chi connectivity index (χ0v) is 33.9. The zero-order chi connectivity index (χ0) is 41.4. The van der Waals surface area contributed by atoms with Gasteiger partial charge in [-0.3, -0.25) is 9.59 Å². The van der Waals surface area contributed by atoms with Crippen molar-refractivity contribution in [3.8, 4) is 22.4 Å². The van der Waals surface area contributed by atoms with Crippen LogP contribution >= 0.6 is 0 Å². The Morgan fingerprint density at radius 3 is 2.12 bits per heavy atom. The summed E-state index contributed by atoms with van der Waals surface area (Å²) in [4.78, 5) is 72.5. The van der Waals surface area contributed by atoms with Crippen LogP contribution in [0.15, 0.2) is 60.8 Å². The molecule has 2 aromatic heterocycles. The number of benzene rings is 3. The molecule has 2 aliphatic carbocycles. The third kappa shape index (κ3) is 6.91. The number of methoxy groups -OCH3 is 1. The van der Waals surface area contributed by atoms with E-state index in [0.29, 0.717) is 37.9 Å². The normalized spacial score (nSPS) is 25.5. The lowest BCUT2D eigenvalue weighted by atomic mass is 9.90. The molecule has 2 saturated carbocycles. The maximum Gasteiger partial charge on any atom is 0.407 e. The molecule has 3 aromatic carbocycles. The van der Waals surface area contributed by atoms with E-state index in [4.69, 9.17) is 19.4 Å². The Kier molecular flexibility index (Phi) is 9.53. The first-order chi connectivity index (χ1) is 29.0. The van der Waals surface area contributed by atoms with Crippen LogP contribution in [0.25, 0.3) is 44.2 Å². The van der Waals surface area contributed by atoms with E-state index in [1.807, 2.05) is 35.9 Å². The fraction of sp³-hybridized carbons (Fsp3) is 0.467. The number of aromatic amines is 2. The number of rotatable bonds is 10. The van der Waals surface area contributed by atoms with Gasteiger partial charge < -0.3 is 45.0 Å². The topological polar surface area (TPSA) is 195 Å². The third-order valence-corrected chi connectivity index (χ3v) is 13.6. The van der Waals surface area contributed by atoms with Gasteiger partial charge in [0, 0.05) is 30.9 Å². The average molecular weight is 815 g/mol. The second-order valence-electron chi connectivity index (χ2n) is 17.7. The van der Waals surface area contributed by atoms with Crippen LogP contribution in [0.1, 0.15) is 76.1 Å². The third-order valence-electron chi connectivity index (χ3n) is 13.6. The highest BCUT2D eigenvalue weighted by Gasteiger charge is 2.57. The molecule has 5 N–H and O–H groups in total. The second kappa shape index (κ2) is 14.9. The number of aromatic nitrogens is 4. The Balaban J connectivity index is 0.860. The predicted octanol–water partition coefficient (Wildman–Crippen LogP) is 6.54. The Labute approximate surface area is 346 Å². The van der Waals surface area contributed by atoms with Gasteiger partial charge in [-0.15, -0.1) is 0 Å². The van der Waals surface area contributed by atoms with E-state index in [9.17, 15) is 24.3 Å². The van der Waals surface area contributed by atoms with E-state index in [-0.39, 0.29) is 47.8 Å². The Morgan fingerprint density at radius 2 is 1.43 bits per heavy atom. The van der Waals surface area contributed by atoms with Crippen molar-refractivity contribution in [1.82, 2.24) is 40.4 Å². The summed E-state index contributed by atoms with van der Waals surface area (Å²) in [7, 11) is 1.30. The zero-order valence-electron chi connectivity index (χ0n) is 33.9. The molecule has 5 heterocycles. The quantitative estimate of drug-likeness (QED) is 0.104. The highest BCUT2D eigenvalue weighted by atomic mass is 16.5. The van der Waals surface area contributed by atoms with Crippen LogP contribution in [0.3, 0.4) is 0 Å². The molecule has 312 valence electrons. The Hall–Kier alpha value is -5.96. The fourth-order valence-electron chi connectivity index (χ4n) is 10.2. The van der Waals surface area contributed by atoms with Crippen LogP contribution in [-0.2, 0) is 19.1 Å². The lowest BCUT2D eigenvalue weighted by molar-refractivity contribution is -0.138. The number of carboxylic acid groups (broad SMARTS) is 1. The van der Waals surface area contributed by atoms with Crippen LogP contribution < -0.4 is 10.6 Å². The van der Waals surface area contributed by atoms with Crippen molar-refractivity contribution in [3.63, 3.8) is 0 Å². The van der Waals surface area contributed by atoms with Crippen molar-refractivity contribution in [3.05, 3.63) is 72.4 Å². The van der Waals surface area contributed by atoms with E-state index in [1.54, 1.807) is 0 Å². The number of imidazole rings is 2. The van der Waals surface area contributed by atoms with E-state index in [0.717, 1.165) is 81.5 Å².